The number of furan rings is 1. The summed E-state index contributed by atoms with van der Waals surface area (Å²) >= 11 is 0. The van der Waals surface area contributed by atoms with Gasteiger partial charge in [-0.3, -0.25) is 4.79 Å². The SMILES string of the molecule is O=C(NCC1CC(n2cncn2)C1)c1ccc2c(c1)oc1ccccc12. The molecule has 0 bridgehead atoms. The predicted octanol–water partition coefficient (Wildman–Crippen LogP) is 3.56. The van der Waals surface area contributed by atoms with Gasteiger partial charge in [-0.1, -0.05) is 18.2 Å². The van der Waals surface area contributed by atoms with E-state index in [-0.39, 0.29) is 5.91 Å². The Hall–Kier alpha value is -3.15. The van der Waals surface area contributed by atoms with Crippen molar-refractivity contribution in [2.45, 2.75) is 18.9 Å². The van der Waals surface area contributed by atoms with Crippen molar-refractivity contribution in [2.75, 3.05) is 6.54 Å². The van der Waals surface area contributed by atoms with Gasteiger partial charge in [0, 0.05) is 22.9 Å². The summed E-state index contributed by atoms with van der Waals surface area (Å²) in [5, 5.41) is 9.32. The summed E-state index contributed by atoms with van der Waals surface area (Å²) in [4.78, 5) is 16.5. The van der Waals surface area contributed by atoms with Gasteiger partial charge in [-0.15, -0.1) is 0 Å². The van der Waals surface area contributed by atoms with Gasteiger partial charge in [0.2, 0.25) is 0 Å². The van der Waals surface area contributed by atoms with Gasteiger partial charge < -0.3 is 9.73 Å². The molecule has 1 amide bonds. The van der Waals surface area contributed by atoms with E-state index in [0.29, 0.717) is 24.1 Å². The predicted molar refractivity (Wildman–Crippen MR) is 97.8 cm³/mol. The topological polar surface area (TPSA) is 73.0 Å². The summed E-state index contributed by atoms with van der Waals surface area (Å²) in [6.07, 6.45) is 5.35. The quantitative estimate of drug-likeness (QED) is 0.613. The zero-order valence-corrected chi connectivity index (χ0v) is 14.1. The first-order valence-corrected chi connectivity index (χ1v) is 8.81. The van der Waals surface area contributed by atoms with Crippen molar-refractivity contribution < 1.29 is 9.21 Å². The Labute approximate surface area is 149 Å². The number of nitrogens with one attached hydrogen (secondary N) is 1. The Morgan fingerprint density at radius 1 is 1.15 bits per heavy atom. The molecule has 2 heterocycles. The third kappa shape index (κ3) is 2.54. The Bertz CT molecular complexity index is 1080. The summed E-state index contributed by atoms with van der Waals surface area (Å²) in [6.45, 7) is 0.683. The maximum Gasteiger partial charge on any atom is 0.251 e. The molecule has 1 N–H and O–H groups in total. The molecule has 6 nitrogen and oxygen atoms in total. The summed E-state index contributed by atoms with van der Waals surface area (Å²) in [5.74, 6) is 0.430. The van der Waals surface area contributed by atoms with Gasteiger partial charge in [0.15, 0.2) is 0 Å². The lowest BCUT2D eigenvalue weighted by atomic mass is 9.80. The molecule has 4 aromatic rings. The number of amides is 1. The molecule has 0 saturated heterocycles. The Morgan fingerprint density at radius 3 is 2.85 bits per heavy atom. The lowest BCUT2D eigenvalue weighted by molar-refractivity contribution is 0.0923. The number of aromatic nitrogens is 3. The van der Waals surface area contributed by atoms with Crippen molar-refractivity contribution in [3.05, 3.63) is 60.7 Å². The van der Waals surface area contributed by atoms with Crippen LogP contribution >= 0.6 is 0 Å². The van der Waals surface area contributed by atoms with E-state index in [2.05, 4.69) is 15.4 Å². The maximum absolute atomic E-state index is 12.5. The summed E-state index contributed by atoms with van der Waals surface area (Å²) in [5.41, 5.74) is 2.21. The van der Waals surface area contributed by atoms with Crippen LogP contribution in [0.3, 0.4) is 0 Å². The van der Waals surface area contributed by atoms with E-state index in [9.17, 15) is 4.79 Å². The second kappa shape index (κ2) is 5.98. The molecule has 0 atom stereocenters. The van der Waals surface area contributed by atoms with Crippen LogP contribution in [0.5, 0.6) is 0 Å². The number of fused-ring (bicyclic) bond motifs is 3. The van der Waals surface area contributed by atoms with E-state index in [1.807, 2.05) is 47.1 Å². The first-order chi connectivity index (χ1) is 12.8. The average molecular weight is 346 g/mol. The van der Waals surface area contributed by atoms with E-state index in [0.717, 1.165) is 34.8 Å². The highest BCUT2D eigenvalue weighted by molar-refractivity contribution is 6.07. The highest BCUT2D eigenvalue weighted by atomic mass is 16.3. The fraction of sp³-hybridized carbons (Fsp3) is 0.250. The lowest BCUT2D eigenvalue weighted by Crippen LogP contribution is -2.37. The van der Waals surface area contributed by atoms with E-state index in [4.69, 9.17) is 4.42 Å². The van der Waals surface area contributed by atoms with Crippen LogP contribution < -0.4 is 5.32 Å². The molecule has 2 aromatic heterocycles. The number of para-hydroxylation sites is 1. The van der Waals surface area contributed by atoms with Crippen molar-refractivity contribution >= 4 is 27.8 Å². The number of hydrogen-bond donors (Lipinski definition) is 1. The second-order valence-corrected chi connectivity index (χ2v) is 6.89. The standard InChI is InChI=1S/C20H18N4O2/c25-20(22-10-13-7-15(8-13)24-12-21-11-23-24)14-5-6-17-16-3-1-2-4-18(16)26-19(17)9-14/h1-6,9,11-13,15H,7-8,10H2,(H,22,25). The molecule has 0 spiro atoms. The molecule has 0 aliphatic heterocycles. The van der Waals surface area contributed by atoms with Crippen LogP contribution in [-0.2, 0) is 0 Å². The number of carbonyl (C=O) groups is 1. The lowest BCUT2D eigenvalue weighted by Gasteiger charge is -2.35. The number of rotatable bonds is 4. The van der Waals surface area contributed by atoms with E-state index in [1.54, 1.807) is 12.7 Å². The Morgan fingerprint density at radius 2 is 2.00 bits per heavy atom. The van der Waals surface area contributed by atoms with Crippen LogP contribution in [0.4, 0.5) is 0 Å². The van der Waals surface area contributed by atoms with Crippen LogP contribution in [0.15, 0.2) is 59.5 Å². The van der Waals surface area contributed by atoms with Crippen molar-refractivity contribution in [3.8, 4) is 0 Å². The molecule has 0 unspecified atom stereocenters. The highest BCUT2D eigenvalue weighted by Crippen LogP contribution is 2.36. The second-order valence-electron chi connectivity index (χ2n) is 6.89. The number of benzene rings is 2. The van der Waals surface area contributed by atoms with Crippen molar-refractivity contribution in [2.24, 2.45) is 5.92 Å². The monoisotopic (exact) mass is 346 g/mol. The summed E-state index contributed by atoms with van der Waals surface area (Å²) in [6, 6.07) is 14.0. The molecule has 6 heteroatoms. The van der Waals surface area contributed by atoms with E-state index >= 15 is 0 Å². The molecule has 2 aromatic carbocycles. The molecule has 1 aliphatic carbocycles. The van der Waals surface area contributed by atoms with E-state index in [1.165, 1.54) is 0 Å². The minimum absolute atomic E-state index is 0.0587. The fourth-order valence-corrected chi connectivity index (χ4v) is 3.70. The summed E-state index contributed by atoms with van der Waals surface area (Å²) < 4.78 is 7.76. The first-order valence-electron chi connectivity index (χ1n) is 8.81. The van der Waals surface area contributed by atoms with Gasteiger partial charge in [-0.25, -0.2) is 9.67 Å². The minimum Gasteiger partial charge on any atom is -0.456 e. The van der Waals surface area contributed by atoms with Gasteiger partial charge in [0.05, 0.1) is 6.04 Å². The van der Waals surface area contributed by atoms with Gasteiger partial charge in [0.25, 0.3) is 5.91 Å². The van der Waals surface area contributed by atoms with Crippen LogP contribution in [0.1, 0.15) is 29.2 Å². The maximum atomic E-state index is 12.5. The number of nitrogens with zero attached hydrogens (tertiary/aromatic N) is 3. The largest absolute Gasteiger partial charge is 0.456 e. The zero-order valence-electron chi connectivity index (χ0n) is 14.1. The first kappa shape index (κ1) is 15.1. The third-order valence-corrected chi connectivity index (χ3v) is 5.21. The van der Waals surface area contributed by atoms with Crippen LogP contribution in [-0.4, -0.2) is 27.2 Å². The van der Waals surface area contributed by atoms with Gasteiger partial charge in [-0.05, 0) is 43.0 Å². The normalized spacial score (nSPS) is 19.5. The highest BCUT2D eigenvalue weighted by Gasteiger charge is 2.31. The van der Waals surface area contributed by atoms with E-state index < -0.39 is 0 Å². The molecule has 26 heavy (non-hydrogen) atoms. The van der Waals surface area contributed by atoms with Crippen molar-refractivity contribution in [1.82, 2.24) is 20.1 Å². The molecular formula is C20H18N4O2. The molecule has 1 saturated carbocycles. The van der Waals surface area contributed by atoms with Crippen molar-refractivity contribution in [3.63, 3.8) is 0 Å². The summed E-state index contributed by atoms with van der Waals surface area (Å²) in [7, 11) is 0. The average Bonchev–Trinajstić information content (AvgIpc) is 3.27. The van der Waals surface area contributed by atoms with Crippen molar-refractivity contribution in [1.29, 1.82) is 0 Å². The fourth-order valence-electron chi connectivity index (χ4n) is 3.70. The van der Waals surface area contributed by atoms with Gasteiger partial charge in [0.1, 0.15) is 23.8 Å². The number of hydrogen-bond acceptors (Lipinski definition) is 4. The van der Waals surface area contributed by atoms with Crippen LogP contribution in [0.25, 0.3) is 21.9 Å². The van der Waals surface area contributed by atoms with Crippen LogP contribution in [0, 0.1) is 5.92 Å². The third-order valence-electron chi connectivity index (χ3n) is 5.21. The molecule has 1 aliphatic rings. The molecular weight excluding hydrogens is 328 g/mol. The molecule has 0 radical (unpaired) electrons. The molecule has 130 valence electrons. The van der Waals surface area contributed by atoms with Gasteiger partial charge in [-0.2, -0.15) is 5.10 Å². The smallest absolute Gasteiger partial charge is 0.251 e. The Balaban J connectivity index is 1.25. The van der Waals surface area contributed by atoms with Gasteiger partial charge >= 0.3 is 0 Å². The number of carbonyl (C=O) groups excluding carboxylic acids is 1. The van der Waals surface area contributed by atoms with Crippen LogP contribution in [0.2, 0.25) is 0 Å². The molecule has 1 fully saturated rings. The Kier molecular flexibility index (Phi) is 3.48. The zero-order chi connectivity index (χ0) is 17.5. The molecule has 5 rings (SSSR count). The minimum atomic E-state index is -0.0587.